The van der Waals surface area contributed by atoms with E-state index in [9.17, 15) is 0 Å². The van der Waals surface area contributed by atoms with Crippen LogP contribution in [0.25, 0.3) is 0 Å². The van der Waals surface area contributed by atoms with Gasteiger partial charge in [0.05, 0.1) is 0 Å². The van der Waals surface area contributed by atoms with Gasteiger partial charge in [-0.25, -0.2) is 0 Å². The Morgan fingerprint density at radius 3 is 1.69 bits per heavy atom. The quantitative estimate of drug-likeness (QED) is 0.439. The van der Waals surface area contributed by atoms with Crippen molar-refractivity contribution in [2.24, 2.45) is 28.9 Å². The molecule has 4 nitrogen and oxygen atoms in total. The second-order valence-electron chi connectivity index (χ2n) is 4.85. The van der Waals surface area contributed by atoms with Crippen molar-refractivity contribution < 1.29 is 0 Å². The van der Waals surface area contributed by atoms with Crippen molar-refractivity contribution in [1.29, 1.82) is 0 Å². The van der Waals surface area contributed by atoms with Gasteiger partial charge in [0.25, 0.3) is 0 Å². The normalized spacial score (nSPS) is 14.1. The van der Waals surface area contributed by atoms with E-state index in [0.29, 0.717) is 19.0 Å². The van der Waals surface area contributed by atoms with Crippen molar-refractivity contribution in [2.45, 2.75) is 51.0 Å². The maximum Gasteiger partial charge on any atom is 0.0181 e. The van der Waals surface area contributed by atoms with Crippen molar-refractivity contribution in [3.63, 3.8) is 0 Å². The highest BCUT2D eigenvalue weighted by molar-refractivity contribution is 4.89. The van der Waals surface area contributed by atoms with Crippen LogP contribution in [0.5, 0.6) is 0 Å². The summed E-state index contributed by atoms with van der Waals surface area (Å²) >= 11 is 0. The average molecular weight is 230 g/mol. The minimum absolute atomic E-state index is 0.103. The first-order chi connectivity index (χ1) is 7.60. The molecular formula is C12H30N4. The Bertz CT molecular complexity index is 153. The molecule has 8 N–H and O–H groups in total. The number of rotatable bonds is 10. The lowest BCUT2D eigenvalue weighted by Gasteiger charge is -2.36. The molecule has 1 atom stereocenters. The van der Waals surface area contributed by atoms with Gasteiger partial charge in [-0.2, -0.15) is 0 Å². The van der Waals surface area contributed by atoms with Crippen LogP contribution in [-0.2, 0) is 0 Å². The molecule has 0 saturated heterocycles. The molecule has 0 bridgehead atoms. The molecule has 0 saturated carbocycles. The molecule has 4 heteroatoms. The van der Waals surface area contributed by atoms with Crippen molar-refractivity contribution >= 4 is 0 Å². The minimum Gasteiger partial charge on any atom is -0.330 e. The van der Waals surface area contributed by atoms with Crippen LogP contribution in [0, 0.1) is 5.92 Å². The van der Waals surface area contributed by atoms with Gasteiger partial charge in [-0.05, 0) is 64.1 Å². The molecule has 1 unspecified atom stereocenters. The van der Waals surface area contributed by atoms with Gasteiger partial charge in [0.2, 0.25) is 0 Å². The fourth-order valence-electron chi connectivity index (χ4n) is 2.19. The van der Waals surface area contributed by atoms with E-state index in [1.54, 1.807) is 0 Å². The predicted molar refractivity (Wildman–Crippen MR) is 70.9 cm³/mol. The molecule has 16 heavy (non-hydrogen) atoms. The van der Waals surface area contributed by atoms with E-state index in [1.165, 1.54) is 0 Å². The summed E-state index contributed by atoms with van der Waals surface area (Å²) in [6.45, 7) is 4.40. The lowest BCUT2D eigenvalue weighted by atomic mass is 9.76. The first-order valence-corrected chi connectivity index (χ1v) is 6.49. The largest absolute Gasteiger partial charge is 0.330 e. The third-order valence-electron chi connectivity index (χ3n) is 3.52. The summed E-state index contributed by atoms with van der Waals surface area (Å²) in [5.41, 5.74) is 23.1. The van der Waals surface area contributed by atoms with Crippen LogP contribution in [-0.4, -0.2) is 25.2 Å². The van der Waals surface area contributed by atoms with E-state index in [1.807, 2.05) is 0 Å². The van der Waals surface area contributed by atoms with Crippen molar-refractivity contribution in [3.8, 4) is 0 Å². The summed E-state index contributed by atoms with van der Waals surface area (Å²) in [7, 11) is 0. The molecule has 0 aliphatic rings. The third kappa shape index (κ3) is 5.80. The van der Waals surface area contributed by atoms with E-state index in [0.717, 1.165) is 45.1 Å². The highest BCUT2D eigenvalue weighted by Gasteiger charge is 2.29. The third-order valence-corrected chi connectivity index (χ3v) is 3.52. The molecule has 0 spiro atoms. The highest BCUT2D eigenvalue weighted by atomic mass is 14.8. The van der Waals surface area contributed by atoms with E-state index < -0.39 is 0 Å². The lowest BCUT2D eigenvalue weighted by Crippen LogP contribution is -2.47. The zero-order valence-corrected chi connectivity index (χ0v) is 10.8. The second kappa shape index (κ2) is 8.93. The Labute approximate surface area is 100 Å². The molecule has 0 aromatic heterocycles. The van der Waals surface area contributed by atoms with Crippen molar-refractivity contribution in [2.75, 3.05) is 19.6 Å². The van der Waals surface area contributed by atoms with E-state index in [4.69, 9.17) is 22.9 Å². The molecule has 0 heterocycles. The molecule has 98 valence electrons. The summed E-state index contributed by atoms with van der Waals surface area (Å²) in [6, 6.07) is 0. The van der Waals surface area contributed by atoms with Gasteiger partial charge in [0.15, 0.2) is 0 Å². The van der Waals surface area contributed by atoms with Crippen molar-refractivity contribution in [3.05, 3.63) is 0 Å². The van der Waals surface area contributed by atoms with Crippen LogP contribution >= 0.6 is 0 Å². The van der Waals surface area contributed by atoms with Gasteiger partial charge >= 0.3 is 0 Å². The molecule has 0 aliphatic carbocycles. The topological polar surface area (TPSA) is 104 Å². The fourth-order valence-corrected chi connectivity index (χ4v) is 2.19. The van der Waals surface area contributed by atoms with Gasteiger partial charge in [-0.3, -0.25) is 0 Å². The van der Waals surface area contributed by atoms with E-state index >= 15 is 0 Å². The van der Waals surface area contributed by atoms with E-state index in [-0.39, 0.29) is 5.54 Å². The van der Waals surface area contributed by atoms with Gasteiger partial charge in [-0.15, -0.1) is 0 Å². The Morgan fingerprint density at radius 1 is 0.875 bits per heavy atom. The molecule has 0 amide bonds. The predicted octanol–water partition coefficient (Wildman–Crippen LogP) is 0.537. The second-order valence-corrected chi connectivity index (χ2v) is 4.85. The zero-order chi connectivity index (χ0) is 12.4. The summed E-state index contributed by atoms with van der Waals surface area (Å²) in [6.07, 6.45) is 6.13. The summed E-state index contributed by atoms with van der Waals surface area (Å²) in [5.74, 6) is 0.495. The SMILES string of the molecule is CC(CCCN)C(N)(CCCN)CCCN. The molecular weight excluding hydrogens is 200 g/mol. The Hall–Kier alpha value is -0.160. The molecule has 0 rings (SSSR count). The van der Waals surface area contributed by atoms with Crippen LogP contribution in [0.3, 0.4) is 0 Å². The van der Waals surface area contributed by atoms with E-state index in [2.05, 4.69) is 6.92 Å². The van der Waals surface area contributed by atoms with Gasteiger partial charge in [0.1, 0.15) is 0 Å². The molecule has 0 radical (unpaired) electrons. The average Bonchev–Trinajstić information content (AvgIpc) is 2.30. The Kier molecular flexibility index (Phi) is 8.84. The van der Waals surface area contributed by atoms with Crippen LogP contribution in [0.4, 0.5) is 0 Å². The zero-order valence-electron chi connectivity index (χ0n) is 10.8. The standard InChI is InChI=1S/C12H30N4/c1-11(5-2-8-13)12(16,6-3-9-14)7-4-10-15/h11H,2-10,13-16H2,1H3. The first-order valence-electron chi connectivity index (χ1n) is 6.49. The number of hydrogen-bond acceptors (Lipinski definition) is 4. The maximum absolute atomic E-state index is 6.50. The number of nitrogens with two attached hydrogens (primary N) is 4. The summed E-state index contributed by atoms with van der Waals surface area (Å²) in [5, 5.41) is 0. The number of hydrogen-bond donors (Lipinski definition) is 4. The van der Waals surface area contributed by atoms with Gasteiger partial charge in [-0.1, -0.05) is 6.92 Å². The molecule has 0 aromatic rings. The first kappa shape index (κ1) is 15.8. The Balaban J connectivity index is 4.24. The fraction of sp³-hybridized carbons (Fsp3) is 1.00. The van der Waals surface area contributed by atoms with Crippen molar-refractivity contribution in [1.82, 2.24) is 0 Å². The smallest absolute Gasteiger partial charge is 0.0181 e. The summed E-state index contributed by atoms with van der Waals surface area (Å²) < 4.78 is 0. The summed E-state index contributed by atoms with van der Waals surface area (Å²) in [4.78, 5) is 0. The maximum atomic E-state index is 6.50. The molecule has 0 fully saturated rings. The van der Waals surface area contributed by atoms with Crippen LogP contribution in [0.2, 0.25) is 0 Å². The van der Waals surface area contributed by atoms with Crippen LogP contribution in [0.1, 0.15) is 45.4 Å². The lowest BCUT2D eigenvalue weighted by molar-refractivity contribution is 0.229. The van der Waals surface area contributed by atoms with Gasteiger partial charge < -0.3 is 22.9 Å². The monoisotopic (exact) mass is 230 g/mol. The van der Waals surface area contributed by atoms with Gasteiger partial charge in [0, 0.05) is 5.54 Å². The Morgan fingerprint density at radius 2 is 1.31 bits per heavy atom. The van der Waals surface area contributed by atoms with Crippen LogP contribution in [0.15, 0.2) is 0 Å². The molecule has 0 aliphatic heterocycles. The minimum atomic E-state index is -0.103. The molecule has 0 aromatic carbocycles. The van der Waals surface area contributed by atoms with Crippen LogP contribution < -0.4 is 22.9 Å². The highest BCUT2D eigenvalue weighted by Crippen LogP contribution is 2.28.